The maximum atomic E-state index is 11.3. The SMILES string of the molecule is COC(=O)c1ccc(C=CCCSC(C)=O)cc1O. The van der Waals surface area contributed by atoms with Crippen LogP contribution >= 0.6 is 11.8 Å². The van der Waals surface area contributed by atoms with Crippen LogP contribution in [0, 0.1) is 0 Å². The van der Waals surface area contributed by atoms with Gasteiger partial charge in [-0.1, -0.05) is 30.0 Å². The zero-order chi connectivity index (χ0) is 14.3. The number of carbonyl (C=O) groups excluding carboxylic acids is 2. The Hall–Kier alpha value is -1.75. The minimum atomic E-state index is -0.564. The van der Waals surface area contributed by atoms with Gasteiger partial charge in [-0.2, -0.15) is 0 Å². The molecule has 0 bridgehead atoms. The third-order valence-electron chi connectivity index (χ3n) is 2.33. The van der Waals surface area contributed by atoms with Gasteiger partial charge in [-0.3, -0.25) is 4.79 Å². The lowest BCUT2D eigenvalue weighted by Crippen LogP contribution is -2.01. The summed E-state index contributed by atoms with van der Waals surface area (Å²) in [5, 5.41) is 9.79. The van der Waals surface area contributed by atoms with Gasteiger partial charge in [-0.15, -0.1) is 0 Å². The van der Waals surface area contributed by atoms with Crippen LogP contribution < -0.4 is 0 Å². The Morgan fingerprint density at radius 1 is 1.42 bits per heavy atom. The van der Waals surface area contributed by atoms with Crippen molar-refractivity contribution in [1.82, 2.24) is 0 Å². The number of esters is 1. The van der Waals surface area contributed by atoms with Crippen molar-refractivity contribution in [3.05, 3.63) is 35.4 Å². The van der Waals surface area contributed by atoms with Crippen molar-refractivity contribution in [3.63, 3.8) is 0 Å². The molecule has 0 amide bonds. The van der Waals surface area contributed by atoms with Crippen molar-refractivity contribution >= 4 is 28.9 Å². The molecule has 0 radical (unpaired) electrons. The third-order valence-corrected chi connectivity index (χ3v) is 3.17. The van der Waals surface area contributed by atoms with Crippen molar-refractivity contribution in [3.8, 4) is 5.75 Å². The summed E-state index contributed by atoms with van der Waals surface area (Å²) in [4.78, 5) is 22.0. The van der Waals surface area contributed by atoms with Crippen LogP contribution in [0.25, 0.3) is 6.08 Å². The quantitative estimate of drug-likeness (QED) is 0.663. The lowest BCUT2D eigenvalue weighted by Gasteiger charge is -2.03. The van der Waals surface area contributed by atoms with Crippen LogP contribution in [0.2, 0.25) is 0 Å². The molecule has 102 valence electrons. The normalized spacial score (nSPS) is 10.6. The van der Waals surface area contributed by atoms with Crippen LogP contribution in [-0.4, -0.2) is 29.1 Å². The van der Waals surface area contributed by atoms with Gasteiger partial charge < -0.3 is 9.84 Å². The van der Waals surface area contributed by atoms with E-state index in [9.17, 15) is 14.7 Å². The molecular weight excluding hydrogens is 264 g/mol. The number of hydrogen-bond donors (Lipinski definition) is 1. The molecule has 0 atom stereocenters. The monoisotopic (exact) mass is 280 g/mol. The number of phenols is 1. The Balaban J connectivity index is 2.61. The van der Waals surface area contributed by atoms with Gasteiger partial charge in [0, 0.05) is 12.7 Å². The fraction of sp³-hybridized carbons (Fsp3) is 0.286. The predicted molar refractivity (Wildman–Crippen MR) is 76.2 cm³/mol. The third kappa shape index (κ3) is 5.18. The van der Waals surface area contributed by atoms with Crippen LogP contribution in [0.3, 0.4) is 0 Å². The Morgan fingerprint density at radius 2 is 2.16 bits per heavy atom. The minimum Gasteiger partial charge on any atom is -0.507 e. The molecular formula is C14H16O4S. The van der Waals surface area contributed by atoms with Crippen LogP contribution in [0.5, 0.6) is 5.75 Å². The number of allylic oxidation sites excluding steroid dienone is 1. The van der Waals surface area contributed by atoms with E-state index in [1.165, 1.54) is 37.9 Å². The van der Waals surface area contributed by atoms with Gasteiger partial charge in [0.15, 0.2) is 5.12 Å². The average molecular weight is 280 g/mol. The molecule has 0 heterocycles. The molecule has 0 spiro atoms. The summed E-state index contributed by atoms with van der Waals surface area (Å²) in [6.45, 7) is 1.54. The molecule has 5 heteroatoms. The number of carbonyl (C=O) groups is 2. The molecule has 4 nitrogen and oxygen atoms in total. The second-order valence-corrected chi connectivity index (χ2v) is 5.07. The number of rotatable bonds is 5. The highest BCUT2D eigenvalue weighted by molar-refractivity contribution is 8.13. The smallest absolute Gasteiger partial charge is 0.341 e. The number of ether oxygens (including phenoxy) is 1. The van der Waals surface area contributed by atoms with E-state index in [0.29, 0.717) is 0 Å². The fourth-order valence-corrected chi connectivity index (χ4v) is 1.97. The first-order valence-electron chi connectivity index (χ1n) is 5.76. The lowest BCUT2D eigenvalue weighted by molar-refractivity contribution is -0.109. The molecule has 1 rings (SSSR count). The van der Waals surface area contributed by atoms with Crippen LogP contribution in [0.1, 0.15) is 29.3 Å². The predicted octanol–water partition coefficient (Wildman–Crippen LogP) is 2.86. The van der Waals surface area contributed by atoms with Crippen molar-refractivity contribution in [2.24, 2.45) is 0 Å². The molecule has 0 saturated heterocycles. The van der Waals surface area contributed by atoms with Gasteiger partial charge in [0.2, 0.25) is 0 Å². The highest BCUT2D eigenvalue weighted by Crippen LogP contribution is 2.20. The van der Waals surface area contributed by atoms with Crippen molar-refractivity contribution in [2.45, 2.75) is 13.3 Å². The second-order valence-electron chi connectivity index (χ2n) is 3.80. The molecule has 1 N–H and O–H groups in total. The van der Waals surface area contributed by atoms with E-state index in [4.69, 9.17) is 0 Å². The largest absolute Gasteiger partial charge is 0.507 e. The minimum absolute atomic E-state index is 0.105. The van der Waals surface area contributed by atoms with Crippen LogP contribution in [0.15, 0.2) is 24.3 Å². The number of phenolic OH excluding ortho intramolecular Hbond substituents is 1. The highest BCUT2D eigenvalue weighted by Gasteiger charge is 2.10. The van der Waals surface area contributed by atoms with Gasteiger partial charge in [0.25, 0.3) is 0 Å². The molecule has 0 aliphatic rings. The topological polar surface area (TPSA) is 63.6 Å². The molecule has 0 aliphatic heterocycles. The van der Waals surface area contributed by atoms with Gasteiger partial charge in [0.05, 0.1) is 7.11 Å². The van der Waals surface area contributed by atoms with Crippen LogP contribution in [0.4, 0.5) is 0 Å². The summed E-state index contributed by atoms with van der Waals surface area (Å²) in [5.41, 5.74) is 0.935. The second kappa shape index (κ2) is 7.63. The highest BCUT2D eigenvalue weighted by atomic mass is 32.2. The molecule has 0 saturated carbocycles. The molecule has 1 aromatic rings. The van der Waals surface area contributed by atoms with Gasteiger partial charge in [-0.25, -0.2) is 4.79 Å². The van der Waals surface area contributed by atoms with E-state index in [-0.39, 0.29) is 16.4 Å². The first kappa shape index (κ1) is 15.3. The molecule has 0 aliphatic carbocycles. The number of thioether (sulfide) groups is 1. The van der Waals surface area contributed by atoms with E-state index in [1.807, 2.05) is 12.2 Å². The van der Waals surface area contributed by atoms with Gasteiger partial charge in [0.1, 0.15) is 11.3 Å². The summed E-state index contributed by atoms with van der Waals surface area (Å²) in [5.74, 6) is 0.0657. The first-order valence-corrected chi connectivity index (χ1v) is 6.74. The summed E-state index contributed by atoms with van der Waals surface area (Å²) in [6, 6.07) is 4.74. The molecule has 0 fully saturated rings. The Kier molecular flexibility index (Phi) is 6.15. The first-order chi connectivity index (χ1) is 9.04. The zero-order valence-electron chi connectivity index (χ0n) is 10.9. The average Bonchev–Trinajstić information content (AvgIpc) is 2.37. The van der Waals surface area contributed by atoms with E-state index >= 15 is 0 Å². The number of aromatic hydroxyl groups is 1. The van der Waals surface area contributed by atoms with E-state index in [2.05, 4.69) is 4.74 Å². The van der Waals surface area contributed by atoms with Gasteiger partial charge in [-0.05, 0) is 24.1 Å². The van der Waals surface area contributed by atoms with Crippen molar-refractivity contribution in [2.75, 3.05) is 12.9 Å². The lowest BCUT2D eigenvalue weighted by atomic mass is 10.1. The van der Waals surface area contributed by atoms with E-state index < -0.39 is 5.97 Å². The molecule has 19 heavy (non-hydrogen) atoms. The molecule has 0 aromatic heterocycles. The van der Waals surface area contributed by atoms with Crippen molar-refractivity contribution in [1.29, 1.82) is 0 Å². The van der Waals surface area contributed by atoms with E-state index in [1.54, 1.807) is 6.07 Å². The Bertz CT molecular complexity index is 494. The maximum Gasteiger partial charge on any atom is 0.341 e. The summed E-state index contributed by atoms with van der Waals surface area (Å²) >= 11 is 1.28. The standard InChI is InChI=1S/C14H16O4S/c1-10(15)19-8-4-3-5-11-6-7-12(13(16)9-11)14(17)18-2/h3,5-7,9,16H,4,8H2,1-2H3. The Labute approximate surface area is 116 Å². The summed E-state index contributed by atoms with van der Waals surface area (Å²) in [6.07, 6.45) is 4.52. The summed E-state index contributed by atoms with van der Waals surface area (Å²) in [7, 11) is 1.27. The molecule has 1 aromatic carbocycles. The molecule has 0 unspecified atom stereocenters. The number of benzene rings is 1. The Morgan fingerprint density at radius 3 is 2.74 bits per heavy atom. The van der Waals surface area contributed by atoms with Crippen LogP contribution in [-0.2, 0) is 9.53 Å². The number of methoxy groups -OCH3 is 1. The summed E-state index contributed by atoms with van der Waals surface area (Å²) < 4.78 is 4.54. The fourth-order valence-electron chi connectivity index (χ4n) is 1.43. The zero-order valence-corrected chi connectivity index (χ0v) is 11.7. The van der Waals surface area contributed by atoms with Crippen molar-refractivity contribution < 1.29 is 19.4 Å². The van der Waals surface area contributed by atoms with E-state index in [0.717, 1.165) is 17.7 Å². The maximum absolute atomic E-state index is 11.3. The number of hydrogen-bond acceptors (Lipinski definition) is 5. The van der Waals surface area contributed by atoms with Gasteiger partial charge >= 0.3 is 5.97 Å².